The van der Waals surface area contributed by atoms with E-state index < -0.39 is 20.3 Å². The molecule has 2 unspecified atom stereocenters. The standard InChI is InChI=1S/C21H20N2O4S2/c1-20(2)15-8-10-21(20,18(24)12-15)29(25,26)27-23-19-16(9-11-28-19)17(13-22)14-6-4-3-5-7-14/h3-7,9,11,15H,8,10,12H2,1-2H3/b17-16+,23-19-. The van der Waals surface area contributed by atoms with Crippen molar-refractivity contribution in [2.24, 2.45) is 16.5 Å². The number of allylic oxidation sites excluding steroid dienone is 2. The minimum atomic E-state index is -4.28. The number of benzene rings is 1. The fourth-order valence-electron chi connectivity index (χ4n) is 4.82. The minimum Gasteiger partial charge on any atom is -0.298 e. The summed E-state index contributed by atoms with van der Waals surface area (Å²) in [6, 6.07) is 11.3. The molecule has 0 spiro atoms. The first-order valence-corrected chi connectivity index (χ1v) is 11.6. The molecule has 1 aromatic rings. The molecule has 2 fully saturated rings. The summed E-state index contributed by atoms with van der Waals surface area (Å²) >= 11 is 1.18. The summed E-state index contributed by atoms with van der Waals surface area (Å²) in [5.74, 6) is -0.240. The Morgan fingerprint density at radius 2 is 2.03 bits per heavy atom. The van der Waals surface area contributed by atoms with Gasteiger partial charge in [-0.05, 0) is 41.2 Å². The third kappa shape index (κ3) is 2.79. The van der Waals surface area contributed by atoms with Gasteiger partial charge in [-0.25, -0.2) is 0 Å². The van der Waals surface area contributed by atoms with E-state index in [2.05, 4.69) is 11.2 Å². The van der Waals surface area contributed by atoms with Gasteiger partial charge in [0.05, 0.1) is 5.57 Å². The number of nitriles is 1. The summed E-state index contributed by atoms with van der Waals surface area (Å²) in [6.45, 7) is 3.65. The van der Waals surface area contributed by atoms with Crippen LogP contribution in [0.2, 0.25) is 0 Å². The minimum absolute atomic E-state index is 0.0438. The molecule has 1 aliphatic heterocycles. The molecule has 8 heteroatoms. The van der Waals surface area contributed by atoms with Crippen molar-refractivity contribution in [1.82, 2.24) is 0 Å². The van der Waals surface area contributed by atoms with Crippen LogP contribution in [0, 0.1) is 22.7 Å². The second-order valence-corrected chi connectivity index (χ2v) is 10.7. The van der Waals surface area contributed by atoms with Crippen LogP contribution in [-0.4, -0.2) is 24.0 Å². The van der Waals surface area contributed by atoms with Crippen molar-refractivity contribution in [3.63, 3.8) is 0 Å². The quantitative estimate of drug-likeness (QED) is 0.531. The maximum Gasteiger partial charge on any atom is 0.342 e. The summed E-state index contributed by atoms with van der Waals surface area (Å²) in [5, 5.41) is 15.5. The van der Waals surface area contributed by atoms with Crippen molar-refractivity contribution >= 4 is 38.3 Å². The number of hydrogen-bond donors (Lipinski definition) is 0. The van der Waals surface area contributed by atoms with Gasteiger partial charge >= 0.3 is 10.1 Å². The molecule has 2 saturated carbocycles. The fourth-order valence-corrected chi connectivity index (χ4v) is 7.41. The lowest BCUT2D eigenvalue weighted by molar-refractivity contribution is -0.121. The Morgan fingerprint density at radius 1 is 1.31 bits per heavy atom. The molecule has 0 N–H and O–H groups in total. The molecule has 0 saturated heterocycles. The summed E-state index contributed by atoms with van der Waals surface area (Å²) in [5.41, 5.74) is 0.891. The molecule has 1 heterocycles. The predicted molar refractivity (Wildman–Crippen MR) is 112 cm³/mol. The highest BCUT2D eigenvalue weighted by atomic mass is 32.2. The highest BCUT2D eigenvalue weighted by Gasteiger charge is 2.72. The van der Waals surface area contributed by atoms with E-state index in [9.17, 15) is 18.5 Å². The Labute approximate surface area is 174 Å². The molecular weight excluding hydrogens is 408 g/mol. The molecule has 3 aliphatic rings. The zero-order chi connectivity index (χ0) is 20.9. The van der Waals surface area contributed by atoms with Gasteiger partial charge in [-0.3, -0.25) is 9.08 Å². The van der Waals surface area contributed by atoms with Crippen molar-refractivity contribution in [2.75, 3.05) is 0 Å². The van der Waals surface area contributed by atoms with E-state index in [4.69, 9.17) is 4.28 Å². The molecule has 6 nitrogen and oxygen atoms in total. The van der Waals surface area contributed by atoms with Gasteiger partial charge in [0.1, 0.15) is 11.1 Å². The van der Waals surface area contributed by atoms with Crippen LogP contribution in [-0.2, 0) is 19.2 Å². The van der Waals surface area contributed by atoms with E-state index >= 15 is 0 Å². The first-order chi connectivity index (χ1) is 13.7. The van der Waals surface area contributed by atoms with Crippen LogP contribution < -0.4 is 0 Å². The number of oxime groups is 1. The van der Waals surface area contributed by atoms with Crippen molar-refractivity contribution in [2.45, 2.75) is 37.9 Å². The molecule has 150 valence electrons. The van der Waals surface area contributed by atoms with Gasteiger partial charge in [0.15, 0.2) is 10.5 Å². The normalized spacial score (nSPS) is 30.6. The number of rotatable bonds is 4. The van der Waals surface area contributed by atoms with E-state index in [1.807, 2.05) is 32.0 Å². The number of carbonyl (C=O) groups excluding carboxylic acids is 1. The number of ketones is 1. The van der Waals surface area contributed by atoms with Gasteiger partial charge in [-0.1, -0.05) is 61.1 Å². The summed E-state index contributed by atoms with van der Waals surface area (Å²) in [7, 11) is -4.28. The molecule has 0 amide bonds. The largest absolute Gasteiger partial charge is 0.342 e. The SMILES string of the molecule is CC1(C)C2CCC1(S(=O)(=O)O/N=C1\SC=C\C1=C(\C#N)c1ccccc1)C(=O)C2. The van der Waals surface area contributed by atoms with E-state index in [0.29, 0.717) is 23.1 Å². The lowest BCUT2D eigenvalue weighted by atomic mass is 9.81. The Kier molecular flexibility index (Phi) is 4.71. The summed E-state index contributed by atoms with van der Waals surface area (Å²) < 4.78 is 29.9. The van der Waals surface area contributed by atoms with Crippen LogP contribution in [0.25, 0.3) is 5.57 Å². The molecule has 0 aromatic heterocycles. The number of nitrogens with zero attached hydrogens (tertiary/aromatic N) is 2. The number of hydrogen-bond acceptors (Lipinski definition) is 7. The molecule has 2 atom stereocenters. The number of thioether (sulfide) groups is 1. The van der Waals surface area contributed by atoms with Gasteiger partial charge in [-0.15, -0.1) is 0 Å². The summed E-state index contributed by atoms with van der Waals surface area (Å²) in [4.78, 5) is 12.6. The lowest BCUT2D eigenvalue weighted by Crippen LogP contribution is -2.50. The third-order valence-electron chi connectivity index (χ3n) is 6.52. The van der Waals surface area contributed by atoms with E-state index in [0.717, 1.165) is 0 Å². The van der Waals surface area contributed by atoms with Crippen LogP contribution in [0.3, 0.4) is 0 Å². The molecule has 2 bridgehead atoms. The van der Waals surface area contributed by atoms with Crippen molar-refractivity contribution in [1.29, 1.82) is 5.26 Å². The van der Waals surface area contributed by atoms with Crippen LogP contribution in [0.1, 0.15) is 38.7 Å². The first kappa shape index (κ1) is 19.9. The second kappa shape index (κ2) is 6.85. The van der Waals surface area contributed by atoms with Crippen LogP contribution in [0.4, 0.5) is 0 Å². The Morgan fingerprint density at radius 3 is 2.62 bits per heavy atom. The number of Topliss-reactive ketones (excluding diaryl/α,β-unsaturated/α-hetero) is 1. The fraction of sp³-hybridized carbons (Fsp3) is 0.381. The topological polar surface area (TPSA) is 96.6 Å². The van der Waals surface area contributed by atoms with E-state index in [1.165, 1.54) is 11.8 Å². The highest BCUT2D eigenvalue weighted by molar-refractivity contribution is 8.17. The molecular formula is C21H20N2O4S2. The Bertz CT molecular complexity index is 1110. The Hall–Kier alpha value is -2.37. The van der Waals surface area contributed by atoms with Crippen molar-refractivity contribution in [3.05, 3.63) is 53.0 Å². The first-order valence-electron chi connectivity index (χ1n) is 9.32. The van der Waals surface area contributed by atoms with Gasteiger partial charge in [0.2, 0.25) is 0 Å². The van der Waals surface area contributed by atoms with E-state index in [-0.39, 0.29) is 29.6 Å². The molecule has 29 heavy (non-hydrogen) atoms. The van der Waals surface area contributed by atoms with Gasteiger partial charge in [0, 0.05) is 12.0 Å². The summed E-state index contributed by atoms with van der Waals surface area (Å²) in [6.07, 6.45) is 2.92. The van der Waals surface area contributed by atoms with Crippen molar-refractivity contribution < 1.29 is 17.5 Å². The monoisotopic (exact) mass is 428 g/mol. The van der Waals surface area contributed by atoms with Crippen molar-refractivity contribution in [3.8, 4) is 6.07 Å². The van der Waals surface area contributed by atoms with Gasteiger partial charge < -0.3 is 0 Å². The van der Waals surface area contributed by atoms with E-state index in [1.54, 1.807) is 23.6 Å². The van der Waals surface area contributed by atoms with Crippen LogP contribution in [0.15, 0.2) is 52.5 Å². The van der Waals surface area contributed by atoms with Crippen LogP contribution >= 0.6 is 11.8 Å². The predicted octanol–water partition coefficient (Wildman–Crippen LogP) is 4.03. The number of carbonyl (C=O) groups is 1. The smallest absolute Gasteiger partial charge is 0.298 e. The maximum atomic E-state index is 13.2. The van der Waals surface area contributed by atoms with Gasteiger partial charge in [0.25, 0.3) is 0 Å². The zero-order valence-corrected chi connectivity index (χ0v) is 17.7. The lowest BCUT2D eigenvalue weighted by Gasteiger charge is -2.33. The number of fused-ring (bicyclic) bond motifs is 2. The van der Waals surface area contributed by atoms with Crippen LogP contribution in [0.5, 0.6) is 0 Å². The average molecular weight is 429 g/mol. The maximum absolute atomic E-state index is 13.2. The molecule has 0 radical (unpaired) electrons. The third-order valence-corrected chi connectivity index (χ3v) is 9.39. The Balaban J connectivity index is 1.70. The second-order valence-electron chi connectivity index (χ2n) is 8.02. The highest BCUT2D eigenvalue weighted by Crippen LogP contribution is 2.62. The zero-order valence-electron chi connectivity index (χ0n) is 16.1. The average Bonchev–Trinajstić information content (AvgIpc) is 3.31. The molecule has 4 rings (SSSR count). The van der Waals surface area contributed by atoms with Gasteiger partial charge in [-0.2, -0.15) is 13.7 Å². The molecule has 2 aliphatic carbocycles. The molecule has 1 aromatic carbocycles.